The molecule has 250 valence electrons. The summed E-state index contributed by atoms with van der Waals surface area (Å²) in [5.41, 5.74) is 6.53. The Bertz CT molecular complexity index is 2370. The summed E-state index contributed by atoms with van der Waals surface area (Å²) in [6, 6.07) is 68.1. The molecule has 0 aliphatic heterocycles. The molecule has 0 aromatic heterocycles. The van der Waals surface area contributed by atoms with Gasteiger partial charge in [0.15, 0.2) is 11.5 Å². The zero-order chi connectivity index (χ0) is 35.0. The van der Waals surface area contributed by atoms with E-state index in [9.17, 15) is 0 Å². The minimum atomic E-state index is 0.599. The summed E-state index contributed by atoms with van der Waals surface area (Å²) in [7, 11) is 0. The Morgan fingerprint density at radius 1 is 0.231 bits per heavy atom. The Kier molecular flexibility index (Phi) is 9.43. The molecule has 8 aromatic carbocycles. The average Bonchev–Trinajstić information content (AvgIpc) is 3.21. The molecule has 0 spiro atoms. The summed E-state index contributed by atoms with van der Waals surface area (Å²) in [6.07, 6.45) is 0. The van der Waals surface area contributed by atoms with Crippen LogP contribution in [0.25, 0.3) is 33.4 Å². The smallest absolute Gasteiger partial charge is 0.177 e. The number of ether oxygens (including phenoxy) is 4. The van der Waals surface area contributed by atoms with Gasteiger partial charge in [-0.15, -0.1) is 0 Å². The first-order valence-electron chi connectivity index (χ1n) is 17.1. The third-order valence-corrected chi connectivity index (χ3v) is 8.51. The van der Waals surface area contributed by atoms with Crippen LogP contribution >= 0.6 is 0 Å². The van der Waals surface area contributed by atoms with Crippen LogP contribution in [0.1, 0.15) is 0 Å². The molecule has 4 heteroatoms. The molecule has 8 rings (SSSR count). The first-order chi connectivity index (χ1) is 25.7. The summed E-state index contributed by atoms with van der Waals surface area (Å²) >= 11 is 0. The van der Waals surface area contributed by atoms with Gasteiger partial charge in [-0.3, -0.25) is 0 Å². The van der Waals surface area contributed by atoms with Crippen molar-refractivity contribution in [2.24, 2.45) is 0 Å². The van der Waals surface area contributed by atoms with Crippen LogP contribution in [0.3, 0.4) is 0 Å². The molecular weight excluding hydrogens is 641 g/mol. The van der Waals surface area contributed by atoms with E-state index in [-0.39, 0.29) is 0 Å². The standard InChI is InChI=1S/C48H34O4/c1-4-13-35(14-5-1)37-25-27-41(28-26-37)49-44-21-11-22-45(34-44)50-42-29-31-43(32-30-42)51-47-24-12-23-46(48(47)52-40-19-8-3-9-20-40)39-18-10-17-38(33-39)36-15-6-2-7-16-36/h1-34H. The lowest BCUT2D eigenvalue weighted by Crippen LogP contribution is -1.94. The molecule has 4 nitrogen and oxygen atoms in total. The Labute approximate surface area is 303 Å². The zero-order valence-electron chi connectivity index (χ0n) is 28.3. The monoisotopic (exact) mass is 674 g/mol. The van der Waals surface area contributed by atoms with Gasteiger partial charge >= 0.3 is 0 Å². The van der Waals surface area contributed by atoms with Crippen molar-refractivity contribution in [3.63, 3.8) is 0 Å². The van der Waals surface area contributed by atoms with Crippen molar-refractivity contribution in [2.75, 3.05) is 0 Å². The predicted octanol–water partition coefficient (Wildman–Crippen LogP) is 13.9. The van der Waals surface area contributed by atoms with Gasteiger partial charge in [0.2, 0.25) is 0 Å². The van der Waals surface area contributed by atoms with Crippen LogP contribution in [0.4, 0.5) is 0 Å². The minimum absolute atomic E-state index is 0.599. The van der Waals surface area contributed by atoms with Gasteiger partial charge < -0.3 is 18.9 Å². The van der Waals surface area contributed by atoms with E-state index in [2.05, 4.69) is 78.9 Å². The van der Waals surface area contributed by atoms with Crippen LogP contribution in [0.2, 0.25) is 0 Å². The van der Waals surface area contributed by atoms with Crippen LogP contribution in [0, 0.1) is 0 Å². The molecule has 52 heavy (non-hydrogen) atoms. The highest BCUT2D eigenvalue weighted by Gasteiger charge is 2.16. The molecule has 0 aliphatic carbocycles. The molecule has 0 unspecified atom stereocenters. The largest absolute Gasteiger partial charge is 0.457 e. The van der Waals surface area contributed by atoms with Crippen molar-refractivity contribution in [1.29, 1.82) is 0 Å². The van der Waals surface area contributed by atoms with Gasteiger partial charge in [-0.05, 0) is 101 Å². The molecule has 0 radical (unpaired) electrons. The molecule has 0 atom stereocenters. The molecule has 0 bridgehead atoms. The topological polar surface area (TPSA) is 36.9 Å². The van der Waals surface area contributed by atoms with Gasteiger partial charge in [-0.2, -0.15) is 0 Å². The van der Waals surface area contributed by atoms with E-state index in [0.29, 0.717) is 34.5 Å². The van der Waals surface area contributed by atoms with E-state index < -0.39 is 0 Å². The van der Waals surface area contributed by atoms with Gasteiger partial charge in [0, 0.05) is 11.6 Å². The highest BCUT2D eigenvalue weighted by molar-refractivity contribution is 5.79. The summed E-state index contributed by atoms with van der Waals surface area (Å²) in [6.45, 7) is 0. The zero-order valence-corrected chi connectivity index (χ0v) is 28.3. The lowest BCUT2D eigenvalue weighted by Gasteiger charge is -2.17. The van der Waals surface area contributed by atoms with Crippen LogP contribution in [0.15, 0.2) is 206 Å². The van der Waals surface area contributed by atoms with Gasteiger partial charge in [-0.1, -0.05) is 127 Å². The first-order valence-corrected chi connectivity index (χ1v) is 17.1. The first kappa shape index (κ1) is 32.2. The SMILES string of the molecule is c1ccc(Oc2c(Oc3ccc(Oc4cccc(Oc5ccc(-c6ccccc6)cc5)c4)cc3)cccc2-c2cccc(-c3ccccc3)c2)cc1. The van der Waals surface area contributed by atoms with Crippen molar-refractivity contribution in [3.05, 3.63) is 206 Å². The van der Waals surface area contributed by atoms with Gasteiger partial charge in [0.05, 0.1) is 0 Å². The highest BCUT2D eigenvalue weighted by Crippen LogP contribution is 2.44. The number of para-hydroxylation sites is 2. The molecule has 0 fully saturated rings. The van der Waals surface area contributed by atoms with E-state index >= 15 is 0 Å². The fourth-order valence-corrected chi connectivity index (χ4v) is 5.95. The maximum absolute atomic E-state index is 6.53. The van der Waals surface area contributed by atoms with E-state index in [1.165, 1.54) is 5.56 Å². The Morgan fingerprint density at radius 2 is 0.654 bits per heavy atom. The normalized spacial score (nSPS) is 10.7. The average molecular weight is 675 g/mol. The fraction of sp³-hybridized carbons (Fsp3) is 0. The van der Waals surface area contributed by atoms with Crippen molar-refractivity contribution >= 4 is 0 Å². The van der Waals surface area contributed by atoms with Gasteiger partial charge in [-0.25, -0.2) is 0 Å². The third kappa shape index (κ3) is 7.72. The van der Waals surface area contributed by atoms with Crippen molar-refractivity contribution < 1.29 is 18.9 Å². The second-order valence-corrected chi connectivity index (χ2v) is 12.1. The summed E-state index contributed by atoms with van der Waals surface area (Å²) in [5.74, 6) is 5.37. The number of hydrogen-bond donors (Lipinski definition) is 0. The number of hydrogen-bond acceptors (Lipinski definition) is 4. The second-order valence-electron chi connectivity index (χ2n) is 12.1. The van der Waals surface area contributed by atoms with Crippen molar-refractivity contribution in [2.45, 2.75) is 0 Å². The molecule has 0 amide bonds. The Balaban J connectivity index is 0.997. The maximum Gasteiger partial charge on any atom is 0.177 e. The molecular formula is C48H34O4. The van der Waals surface area contributed by atoms with Crippen LogP contribution < -0.4 is 18.9 Å². The van der Waals surface area contributed by atoms with E-state index in [0.717, 1.165) is 39.3 Å². The van der Waals surface area contributed by atoms with Gasteiger partial charge in [0.25, 0.3) is 0 Å². The second kappa shape index (κ2) is 15.2. The van der Waals surface area contributed by atoms with Crippen molar-refractivity contribution in [1.82, 2.24) is 0 Å². The predicted molar refractivity (Wildman–Crippen MR) is 209 cm³/mol. The quantitative estimate of drug-likeness (QED) is 0.137. The summed E-state index contributed by atoms with van der Waals surface area (Å²) in [4.78, 5) is 0. The highest BCUT2D eigenvalue weighted by atomic mass is 16.5. The van der Waals surface area contributed by atoms with Crippen LogP contribution in [0.5, 0.6) is 46.0 Å². The van der Waals surface area contributed by atoms with E-state index in [1.807, 2.05) is 127 Å². The Hall–Kier alpha value is -7.04. The lowest BCUT2D eigenvalue weighted by atomic mass is 9.98. The summed E-state index contributed by atoms with van der Waals surface area (Å²) in [5, 5.41) is 0. The lowest BCUT2D eigenvalue weighted by molar-refractivity contribution is 0.419. The minimum Gasteiger partial charge on any atom is -0.457 e. The molecule has 8 aromatic rings. The fourth-order valence-electron chi connectivity index (χ4n) is 5.95. The van der Waals surface area contributed by atoms with E-state index in [4.69, 9.17) is 18.9 Å². The van der Waals surface area contributed by atoms with Crippen LogP contribution in [-0.4, -0.2) is 0 Å². The molecule has 0 saturated carbocycles. The molecule has 0 aliphatic rings. The molecule has 0 N–H and O–H groups in total. The summed E-state index contributed by atoms with van der Waals surface area (Å²) < 4.78 is 25.4. The van der Waals surface area contributed by atoms with E-state index in [1.54, 1.807) is 0 Å². The van der Waals surface area contributed by atoms with Gasteiger partial charge in [0.1, 0.15) is 34.5 Å². The maximum atomic E-state index is 6.53. The molecule has 0 heterocycles. The number of benzene rings is 8. The Morgan fingerprint density at radius 3 is 1.29 bits per heavy atom. The van der Waals surface area contributed by atoms with Crippen LogP contribution in [-0.2, 0) is 0 Å². The van der Waals surface area contributed by atoms with Crippen molar-refractivity contribution in [3.8, 4) is 79.4 Å². The third-order valence-electron chi connectivity index (χ3n) is 8.51. The number of rotatable bonds is 11. The molecule has 0 saturated heterocycles.